The van der Waals surface area contributed by atoms with Gasteiger partial charge in [0.2, 0.25) is 0 Å². The molecule has 0 bridgehead atoms. The Labute approximate surface area is 164 Å². The molecule has 3 aromatic rings. The molecule has 0 spiro atoms. The topological polar surface area (TPSA) is 52.7 Å². The van der Waals surface area contributed by atoms with E-state index in [0.29, 0.717) is 18.8 Å². The number of hydrogen-bond donors (Lipinski definition) is 1. The van der Waals surface area contributed by atoms with Crippen LogP contribution in [0.3, 0.4) is 0 Å². The molecule has 1 heterocycles. The fraction of sp³-hybridized carbons (Fsp3) is 0.217. The van der Waals surface area contributed by atoms with E-state index in [-0.39, 0.29) is 0 Å². The van der Waals surface area contributed by atoms with Gasteiger partial charge in [0.15, 0.2) is 0 Å². The molecule has 0 saturated carbocycles. The van der Waals surface area contributed by atoms with Gasteiger partial charge in [0.1, 0.15) is 0 Å². The predicted molar refractivity (Wildman–Crippen MR) is 111 cm³/mol. The van der Waals surface area contributed by atoms with E-state index in [9.17, 15) is 9.59 Å². The van der Waals surface area contributed by atoms with Crippen molar-refractivity contribution in [2.45, 2.75) is 6.54 Å². The van der Waals surface area contributed by atoms with Gasteiger partial charge in [-0.1, -0.05) is 60.7 Å². The Kier molecular flexibility index (Phi) is 5.35. The van der Waals surface area contributed by atoms with E-state index in [0.717, 1.165) is 30.4 Å². The highest BCUT2D eigenvalue weighted by Crippen LogP contribution is 2.19. The first-order chi connectivity index (χ1) is 13.7. The summed E-state index contributed by atoms with van der Waals surface area (Å²) in [6.07, 6.45) is 0. The summed E-state index contributed by atoms with van der Waals surface area (Å²) in [5.74, 6) is -1.04. The molecule has 1 aliphatic heterocycles. The van der Waals surface area contributed by atoms with E-state index in [4.69, 9.17) is 0 Å². The molecule has 0 atom stereocenters. The highest BCUT2D eigenvalue weighted by Gasteiger charge is 2.26. The largest absolute Gasteiger partial charge is 0.332 e. The van der Waals surface area contributed by atoms with Gasteiger partial charge in [-0.15, -0.1) is 0 Å². The van der Waals surface area contributed by atoms with Crippen LogP contribution in [-0.4, -0.2) is 47.8 Å². The highest BCUT2D eigenvalue weighted by atomic mass is 16.2. The van der Waals surface area contributed by atoms with Gasteiger partial charge in [0.05, 0.1) is 0 Å². The van der Waals surface area contributed by atoms with Crippen LogP contribution in [0.5, 0.6) is 0 Å². The first-order valence-corrected chi connectivity index (χ1v) is 9.54. The van der Waals surface area contributed by atoms with Gasteiger partial charge < -0.3 is 10.2 Å². The number of carbonyl (C=O) groups excluding carboxylic acids is 2. The minimum atomic E-state index is -0.577. The number of nitrogens with one attached hydrogen (secondary N) is 1. The second-order valence-electron chi connectivity index (χ2n) is 7.07. The Balaban J connectivity index is 1.32. The van der Waals surface area contributed by atoms with Crippen molar-refractivity contribution in [3.63, 3.8) is 0 Å². The fourth-order valence-corrected chi connectivity index (χ4v) is 3.55. The van der Waals surface area contributed by atoms with Gasteiger partial charge in [0, 0.05) is 38.4 Å². The molecule has 1 fully saturated rings. The maximum absolute atomic E-state index is 12.5. The van der Waals surface area contributed by atoms with Crippen LogP contribution >= 0.6 is 0 Å². The van der Waals surface area contributed by atoms with Crippen LogP contribution in [0.4, 0.5) is 5.69 Å². The number of carbonyl (C=O) groups is 2. The van der Waals surface area contributed by atoms with Crippen molar-refractivity contribution in [2.75, 3.05) is 31.5 Å². The number of rotatable bonds is 3. The molecule has 1 aliphatic rings. The monoisotopic (exact) mass is 373 g/mol. The number of anilines is 1. The standard InChI is InChI=1S/C23H23N3O2/c27-22(24-21-11-10-19-8-4-5-9-20(19)16-21)23(28)26-14-12-25(13-15-26)17-18-6-2-1-3-7-18/h1-11,16H,12-15,17H2,(H,24,27). The summed E-state index contributed by atoms with van der Waals surface area (Å²) in [7, 11) is 0. The summed E-state index contributed by atoms with van der Waals surface area (Å²) in [4.78, 5) is 28.9. The van der Waals surface area contributed by atoms with E-state index in [1.54, 1.807) is 4.90 Å². The van der Waals surface area contributed by atoms with E-state index in [2.05, 4.69) is 22.3 Å². The molecule has 28 heavy (non-hydrogen) atoms. The zero-order valence-electron chi connectivity index (χ0n) is 15.7. The van der Waals surface area contributed by atoms with Crippen molar-refractivity contribution < 1.29 is 9.59 Å². The highest BCUT2D eigenvalue weighted by molar-refractivity contribution is 6.39. The molecule has 0 aliphatic carbocycles. The third-order valence-corrected chi connectivity index (χ3v) is 5.11. The van der Waals surface area contributed by atoms with Gasteiger partial charge >= 0.3 is 11.8 Å². The first-order valence-electron chi connectivity index (χ1n) is 9.54. The van der Waals surface area contributed by atoms with E-state index in [1.807, 2.05) is 60.7 Å². The molecule has 5 nitrogen and oxygen atoms in total. The predicted octanol–water partition coefficient (Wildman–Crippen LogP) is 3.12. The maximum Gasteiger partial charge on any atom is 0.313 e. The fourth-order valence-electron chi connectivity index (χ4n) is 3.55. The molecular formula is C23H23N3O2. The molecule has 0 aromatic heterocycles. The summed E-state index contributed by atoms with van der Waals surface area (Å²) in [6, 6.07) is 23.9. The lowest BCUT2D eigenvalue weighted by Crippen LogP contribution is -2.51. The van der Waals surface area contributed by atoms with Crippen molar-refractivity contribution in [1.29, 1.82) is 0 Å². The van der Waals surface area contributed by atoms with Crippen LogP contribution in [0.1, 0.15) is 5.56 Å². The normalized spacial score (nSPS) is 14.8. The molecule has 0 unspecified atom stereocenters. The molecule has 3 aromatic carbocycles. The summed E-state index contributed by atoms with van der Waals surface area (Å²) >= 11 is 0. The minimum Gasteiger partial charge on any atom is -0.332 e. The summed E-state index contributed by atoms with van der Waals surface area (Å²) < 4.78 is 0. The average molecular weight is 373 g/mol. The summed E-state index contributed by atoms with van der Waals surface area (Å²) in [6.45, 7) is 3.54. The average Bonchev–Trinajstić information content (AvgIpc) is 2.74. The third kappa shape index (κ3) is 4.21. The van der Waals surface area contributed by atoms with Crippen molar-refractivity contribution in [1.82, 2.24) is 9.80 Å². The Morgan fingerprint density at radius 3 is 2.21 bits per heavy atom. The number of amides is 2. The smallest absolute Gasteiger partial charge is 0.313 e. The lowest BCUT2D eigenvalue weighted by Gasteiger charge is -2.34. The quantitative estimate of drug-likeness (QED) is 0.718. The molecule has 4 rings (SSSR count). The second-order valence-corrected chi connectivity index (χ2v) is 7.07. The van der Waals surface area contributed by atoms with Gasteiger partial charge in [0.25, 0.3) is 0 Å². The van der Waals surface area contributed by atoms with E-state index < -0.39 is 11.8 Å². The van der Waals surface area contributed by atoms with Gasteiger partial charge in [-0.05, 0) is 28.5 Å². The Hall–Kier alpha value is -3.18. The lowest BCUT2D eigenvalue weighted by molar-refractivity contribution is -0.144. The minimum absolute atomic E-state index is 0.465. The van der Waals surface area contributed by atoms with Gasteiger partial charge in [-0.25, -0.2) is 0 Å². The molecule has 5 heteroatoms. The lowest BCUT2D eigenvalue weighted by atomic mass is 10.1. The Bertz CT molecular complexity index is 979. The first kappa shape index (κ1) is 18.2. The van der Waals surface area contributed by atoms with Crippen LogP contribution in [0.2, 0.25) is 0 Å². The second kappa shape index (κ2) is 8.23. The number of benzene rings is 3. The van der Waals surface area contributed by atoms with Crippen molar-refractivity contribution >= 4 is 28.3 Å². The van der Waals surface area contributed by atoms with Crippen LogP contribution in [-0.2, 0) is 16.1 Å². The van der Waals surface area contributed by atoms with Crippen molar-refractivity contribution in [2.24, 2.45) is 0 Å². The molecule has 0 radical (unpaired) electrons. The third-order valence-electron chi connectivity index (χ3n) is 5.11. The molecule has 1 N–H and O–H groups in total. The number of fused-ring (bicyclic) bond motifs is 1. The Morgan fingerprint density at radius 2 is 1.46 bits per heavy atom. The van der Waals surface area contributed by atoms with Crippen LogP contribution in [0.15, 0.2) is 72.8 Å². The zero-order valence-corrected chi connectivity index (χ0v) is 15.7. The SMILES string of the molecule is O=C(Nc1ccc2ccccc2c1)C(=O)N1CCN(Cc2ccccc2)CC1. The van der Waals surface area contributed by atoms with Gasteiger partial charge in [-0.3, -0.25) is 14.5 Å². The molecule has 2 amide bonds. The summed E-state index contributed by atoms with van der Waals surface area (Å²) in [5.41, 5.74) is 1.90. The molecule has 142 valence electrons. The Morgan fingerprint density at radius 1 is 0.786 bits per heavy atom. The van der Waals surface area contributed by atoms with E-state index in [1.165, 1.54) is 5.56 Å². The van der Waals surface area contributed by atoms with Crippen LogP contribution in [0.25, 0.3) is 10.8 Å². The van der Waals surface area contributed by atoms with Gasteiger partial charge in [-0.2, -0.15) is 0 Å². The van der Waals surface area contributed by atoms with Crippen LogP contribution < -0.4 is 5.32 Å². The van der Waals surface area contributed by atoms with Crippen molar-refractivity contribution in [3.8, 4) is 0 Å². The molecule has 1 saturated heterocycles. The van der Waals surface area contributed by atoms with Crippen LogP contribution in [0, 0.1) is 0 Å². The maximum atomic E-state index is 12.5. The van der Waals surface area contributed by atoms with E-state index >= 15 is 0 Å². The molecular weight excluding hydrogens is 350 g/mol. The summed E-state index contributed by atoms with van der Waals surface area (Å²) in [5, 5.41) is 4.87. The number of hydrogen-bond acceptors (Lipinski definition) is 3. The van der Waals surface area contributed by atoms with Crippen molar-refractivity contribution in [3.05, 3.63) is 78.4 Å². The number of nitrogens with zero attached hydrogens (tertiary/aromatic N) is 2. The number of piperazine rings is 1. The zero-order chi connectivity index (χ0) is 19.3.